The van der Waals surface area contributed by atoms with Gasteiger partial charge in [-0.1, -0.05) is 61.4 Å². The molecule has 2 fully saturated rings. The van der Waals surface area contributed by atoms with E-state index in [9.17, 15) is 4.79 Å². The zero-order chi connectivity index (χ0) is 22.0. The van der Waals surface area contributed by atoms with E-state index in [2.05, 4.69) is 73.9 Å². The van der Waals surface area contributed by atoms with E-state index in [-0.39, 0.29) is 11.9 Å². The number of hydrogen-bond donors (Lipinski definition) is 0. The molecule has 0 N–H and O–H groups in total. The second-order valence-electron chi connectivity index (χ2n) is 10.6. The lowest BCUT2D eigenvalue weighted by atomic mass is 9.81. The van der Waals surface area contributed by atoms with E-state index in [1.54, 1.807) is 0 Å². The van der Waals surface area contributed by atoms with Gasteiger partial charge in [-0.15, -0.1) is 0 Å². The zero-order valence-electron chi connectivity index (χ0n) is 19.7. The van der Waals surface area contributed by atoms with Crippen LogP contribution in [0.2, 0.25) is 0 Å². The Bertz CT molecular complexity index is 874. The number of nitrogens with zero attached hydrogens (tertiary/aromatic N) is 2. The van der Waals surface area contributed by atoms with Gasteiger partial charge in [0.2, 0.25) is 0 Å². The van der Waals surface area contributed by atoms with E-state index in [4.69, 9.17) is 0 Å². The van der Waals surface area contributed by atoms with Gasteiger partial charge < -0.3 is 9.80 Å². The molecule has 3 nitrogen and oxygen atoms in total. The smallest absolute Gasteiger partial charge is 0.254 e. The minimum atomic E-state index is 0.200. The monoisotopic (exact) mass is 418 g/mol. The van der Waals surface area contributed by atoms with E-state index in [1.807, 2.05) is 12.1 Å². The van der Waals surface area contributed by atoms with E-state index in [0.717, 1.165) is 42.5 Å². The van der Waals surface area contributed by atoms with E-state index < -0.39 is 0 Å². The van der Waals surface area contributed by atoms with Gasteiger partial charge in [-0.2, -0.15) is 0 Å². The molecule has 2 aliphatic rings. The maximum atomic E-state index is 13.6. The van der Waals surface area contributed by atoms with Gasteiger partial charge in [-0.25, -0.2) is 0 Å². The van der Waals surface area contributed by atoms with Crippen LogP contribution in [0.5, 0.6) is 0 Å². The van der Waals surface area contributed by atoms with Gasteiger partial charge in [0.15, 0.2) is 0 Å². The van der Waals surface area contributed by atoms with Crippen molar-refractivity contribution >= 4 is 5.91 Å². The van der Waals surface area contributed by atoms with Crippen LogP contribution < -0.4 is 0 Å². The van der Waals surface area contributed by atoms with Crippen LogP contribution >= 0.6 is 0 Å². The molecule has 0 spiro atoms. The number of amides is 1. The van der Waals surface area contributed by atoms with Crippen molar-refractivity contribution in [3.05, 3.63) is 70.8 Å². The number of hydrogen-bond acceptors (Lipinski definition) is 2. The highest BCUT2D eigenvalue weighted by Crippen LogP contribution is 2.34. The highest BCUT2D eigenvalue weighted by molar-refractivity contribution is 5.95. The average Bonchev–Trinajstić information content (AvgIpc) is 2.73. The van der Waals surface area contributed by atoms with Crippen molar-refractivity contribution in [1.29, 1.82) is 0 Å². The number of likely N-dealkylation sites (tertiary alicyclic amines) is 2. The Kier molecular flexibility index (Phi) is 6.52. The molecule has 2 saturated heterocycles. The molecule has 0 aliphatic carbocycles. The highest BCUT2D eigenvalue weighted by atomic mass is 16.2. The fraction of sp³-hybridized carbons (Fsp3) is 0.536. The molecule has 1 amide bonds. The molecule has 2 heterocycles. The molecule has 2 unspecified atom stereocenters. The van der Waals surface area contributed by atoms with Crippen LogP contribution in [0.1, 0.15) is 66.6 Å². The number of carbonyl (C=O) groups is 1. The molecule has 0 aromatic heterocycles. The minimum Gasteiger partial charge on any atom is -0.335 e. The third-order valence-corrected chi connectivity index (χ3v) is 7.40. The van der Waals surface area contributed by atoms with Gasteiger partial charge >= 0.3 is 0 Å². The van der Waals surface area contributed by atoms with Gasteiger partial charge in [0.05, 0.1) is 0 Å². The summed E-state index contributed by atoms with van der Waals surface area (Å²) in [5, 5.41) is 0. The summed E-state index contributed by atoms with van der Waals surface area (Å²) in [6.07, 6.45) is 5.65. The Labute approximate surface area is 188 Å². The van der Waals surface area contributed by atoms with Gasteiger partial charge in [0, 0.05) is 24.2 Å². The van der Waals surface area contributed by atoms with E-state index in [1.165, 1.54) is 31.5 Å². The van der Waals surface area contributed by atoms with Crippen molar-refractivity contribution < 1.29 is 4.79 Å². The molecular weight excluding hydrogens is 380 g/mol. The first-order valence-corrected chi connectivity index (χ1v) is 12.0. The number of piperidine rings is 2. The number of aryl methyl sites for hydroxylation is 2. The zero-order valence-corrected chi connectivity index (χ0v) is 19.7. The molecule has 0 bridgehead atoms. The molecule has 31 heavy (non-hydrogen) atoms. The third kappa shape index (κ3) is 5.38. The molecule has 3 heteroatoms. The number of rotatable bonds is 4. The van der Waals surface area contributed by atoms with Gasteiger partial charge in [0.1, 0.15) is 0 Å². The van der Waals surface area contributed by atoms with Crippen molar-refractivity contribution in [3.63, 3.8) is 0 Å². The summed E-state index contributed by atoms with van der Waals surface area (Å²) < 4.78 is 0. The predicted molar refractivity (Wildman–Crippen MR) is 128 cm³/mol. The van der Waals surface area contributed by atoms with Crippen molar-refractivity contribution in [2.45, 2.75) is 71.9 Å². The van der Waals surface area contributed by atoms with Crippen molar-refractivity contribution in [3.8, 4) is 0 Å². The lowest BCUT2D eigenvalue weighted by Crippen LogP contribution is -2.54. The Morgan fingerprint density at radius 1 is 0.968 bits per heavy atom. The van der Waals surface area contributed by atoms with Gasteiger partial charge in [-0.3, -0.25) is 4.79 Å². The predicted octanol–water partition coefficient (Wildman–Crippen LogP) is 5.64. The maximum absolute atomic E-state index is 13.6. The van der Waals surface area contributed by atoms with Crippen LogP contribution in [-0.2, 0) is 6.42 Å². The van der Waals surface area contributed by atoms with Crippen molar-refractivity contribution in [2.75, 3.05) is 19.6 Å². The van der Waals surface area contributed by atoms with Crippen LogP contribution in [0, 0.1) is 19.3 Å². The molecule has 2 aromatic rings. The normalized spacial score (nSPS) is 24.2. The first kappa shape index (κ1) is 22.1. The molecule has 166 valence electrons. The van der Waals surface area contributed by atoms with Crippen LogP contribution in [0.25, 0.3) is 0 Å². The number of carbonyl (C=O) groups excluding carboxylic acids is 1. The molecular formula is C28H38N2O. The standard InChI is InChI=1S/C28H38N2O/c1-21-16-22(2)18-24(17-21)27(31)30-13-10-25(29-14-11-28(3,4)12-15-29)20-26(30)19-23-8-6-5-7-9-23/h5-9,16-18,25-26H,10-15,19-20H2,1-4H3. The van der Waals surface area contributed by atoms with Gasteiger partial charge in [-0.05, 0) is 82.2 Å². The largest absolute Gasteiger partial charge is 0.335 e. The van der Waals surface area contributed by atoms with Crippen LogP contribution in [0.15, 0.2) is 48.5 Å². The third-order valence-electron chi connectivity index (χ3n) is 7.40. The molecule has 0 radical (unpaired) electrons. The van der Waals surface area contributed by atoms with Crippen LogP contribution in [0.3, 0.4) is 0 Å². The molecule has 0 saturated carbocycles. The van der Waals surface area contributed by atoms with Crippen LogP contribution in [0.4, 0.5) is 0 Å². The Morgan fingerprint density at radius 2 is 1.61 bits per heavy atom. The lowest BCUT2D eigenvalue weighted by molar-refractivity contribution is 0.0276. The quantitative estimate of drug-likeness (QED) is 0.641. The van der Waals surface area contributed by atoms with Crippen LogP contribution in [-0.4, -0.2) is 47.4 Å². The second-order valence-corrected chi connectivity index (χ2v) is 10.6. The summed E-state index contributed by atoms with van der Waals surface area (Å²) in [5.74, 6) is 0.200. The first-order valence-electron chi connectivity index (χ1n) is 12.0. The summed E-state index contributed by atoms with van der Waals surface area (Å²) in [6.45, 7) is 12.2. The molecule has 2 aliphatic heterocycles. The fourth-order valence-electron chi connectivity index (χ4n) is 5.47. The second kappa shape index (κ2) is 9.16. The summed E-state index contributed by atoms with van der Waals surface area (Å²) in [7, 11) is 0. The Balaban J connectivity index is 1.54. The van der Waals surface area contributed by atoms with E-state index >= 15 is 0 Å². The fourth-order valence-corrected chi connectivity index (χ4v) is 5.47. The summed E-state index contributed by atoms with van der Waals surface area (Å²) >= 11 is 0. The average molecular weight is 419 g/mol. The Morgan fingerprint density at radius 3 is 2.26 bits per heavy atom. The SMILES string of the molecule is Cc1cc(C)cc(C(=O)N2CCC(N3CCC(C)(C)CC3)CC2Cc2ccccc2)c1. The first-order chi connectivity index (χ1) is 14.8. The topological polar surface area (TPSA) is 23.6 Å². The number of benzene rings is 2. The lowest BCUT2D eigenvalue weighted by Gasteiger charge is -2.47. The molecule has 2 atom stereocenters. The summed E-state index contributed by atoms with van der Waals surface area (Å²) in [6, 6.07) is 17.8. The minimum absolute atomic E-state index is 0.200. The summed E-state index contributed by atoms with van der Waals surface area (Å²) in [4.78, 5) is 18.5. The summed E-state index contributed by atoms with van der Waals surface area (Å²) in [5.41, 5.74) is 4.96. The maximum Gasteiger partial charge on any atom is 0.254 e. The van der Waals surface area contributed by atoms with Gasteiger partial charge in [0.25, 0.3) is 5.91 Å². The highest BCUT2D eigenvalue weighted by Gasteiger charge is 2.37. The van der Waals surface area contributed by atoms with Crippen molar-refractivity contribution in [2.24, 2.45) is 5.41 Å². The molecule has 4 rings (SSSR count). The van der Waals surface area contributed by atoms with E-state index in [0.29, 0.717) is 11.5 Å². The Hall–Kier alpha value is -2.13. The molecule has 2 aromatic carbocycles. The van der Waals surface area contributed by atoms with Crippen molar-refractivity contribution in [1.82, 2.24) is 9.80 Å².